The molecule has 0 saturated carbocycles. The van der Waals surface area contributed by atoms with Crippen LogP contribution in [0.25, 0.3) is 0 Å². The quantitative estimate of drug-likeness (QED) is 0.376. The molecule has 0 spiro atoms. The zero-order valence-electron chi connectivity index (χ0n) is 4.96. The molecule has 0 aromatic heterocycles. The molecule has 2 nitrogen and oxygen atoms in total. The molecular formula is C4H10O2S2. The molecule has 0 fully saturated rings. The fourth-order valence-electron chi connectivity index (χ4n) is 0.166. The fourth-order valence-corrected chi connectivity index (χ4v) is 0.679. The molecule has 4 heteroatoms. The van der Waals surface area contributed by atoms with Crippen molar-refractivity contribution in [2.45, 2.75) is 13.2 Å². The molecule has 8 heavy (non-hydrogen) atoms. The Morgan fingerprint density at radius 2 is 2.38 bits per heavy atom. The summed E-state index contributed by atoms with van der Waals surface area (Å²) in [6, 6.07) is 0. The SMILES string of the molecule is COC(C)OSCS. The molecule has 0 amide bonds. The lowest BCUT2D eigenvalue weighted by Crippen LogP contribution is -2.04. The second-order valence-corrected chi connectivity index (χ2v) is 2.61. The van der Waals surface area contributed by atoms with Gasteiger partial charge < -0.3 is 4.74 Å². The third-order valence-corrected chi connectivity index (χ3v) is 1.42. The lowest BCUT2D eigenvalue weighted by atomic mass is 10.8. The average Bonchev–Trinajstić information content (AvgIpc) is 1.83. The van der Waals surface area contributed by atoms with Crippen LogP contribution in [0.15, 0.2) is 0 Å². The zero-order chi connectivity index (χ0) is 6.41. The number of ether oxygens (including phenoxy) is 1. The Balaban J connectivity index is 2.86. The summed E-state index contributed by atoms with van der Waals surface area (Å²) in [5.74, 6) is 0. The van der Waals surface area contributed by atoms with E-state index in [-0.39, 0.29) is 6.29 Å². The first-order valence-electron chi connectivity index (χ1n) is 2.23. The second-order valence-electron chi connectivity index (χ2n) is 1.15. The van der Waals surface area contributed by atoms with E-state index < -0.39 is 0 Å². The summed E-state index contributed by atoms with van der Waals surface area (Å²) in [4.78, 5) is 0. The number of methoxy groups -OCH3 is 1. The summed E-state index contributed by atoms with van der Waals surface area (Å²) >= 11 is 5.20. The summed E-state index contributed by atoms with van der Waals surface area (Å²) in [5.41, 5.74) is 0. The lowest BCUT2D eigenvalue weighted by molar-refractivity contribution is -0.0244. The molecule has 0 heterocycles. The summed E-state index contributed by atoms with van der Waals surface area (Å²) in [6.07, 6.45) is -0.132. The Morgan fingerprint density at radius 1 is 1.75 bits per heavy atom. The van der Waals surface area contributed by atoms with Gasteiger partial charge in [-0.05, 0) is 6.92 Å². The number of hydrogen-bond acceptors (Lipinski definition) is 4. The fraction of sp³-hybridized carbons (Fsp3) is 1.00. The molecule has 0 aliphatic heterocycles. The third kappa shape index (κ3) is 4.77. The van der Waals surface area contributed by atoms with Crippen molar-refractivity contribution in [3.05, 3.63) is 0 Å². The van der Waals surface area contributed by atoms with Crippen molar-refractivity contribution in [3.63, 3.8) is 0 Å². The van der Waals surface area contributed by atoms with E-state index in [0.717, 1.165) is 0 Å². The third-order valence-electron chi connectivity index (χ3n) is 0.588. The summed E-state index contributed by atoms with van der Waals surface area (Å²) in [6.45, 7) is 1.83. The molecule has 0 aliphatic rings. The summed E-state index contributed by atoms with van der Waals surface area (Å²) < 4.78 is 9.73. The van der Waals surface area contributed by atoms with Crippen molar-refractivity contribution in [1.29, 1.82) is 0 Å². The molecule has 50 valence electrons. The van der Waals surface area contributed by atoms with Crippen LogP contribution in [0.3, 0.4) is 0 Å². The van der Waals surface area contributed by atoms with Gasteiger partial charge in [-0.2, -0.15) is 12.6 Å². The lowest BCUT2D eigenvalue weighted by Gasteiger charge is -2.06. The Labute approximate surface area is 59.5 Å². The van der Waals surface area contributed by atoms with Crippen molar-refractivity contribution >= 4 is 24.7 Å². The van der Waals surface area contributed by atoms with Gasteiger partial charge in [0.25, 0.3) is 0 Å². The van der Waals surface area contributed by atoms with Gasteiger partial charge in [0.05, 0.1) is 5.08 Å². The standard InChI is InChI=1S/C4H10O2S2/c1-4(5-2)6-8-3-7/h4,7H,3H2,1-2H3. The van der Waals surface area contributed by atoms with Gasteiger partial charge >= 0.3 is 0 Å². The van der Waals surface area contributed by atoms with E-state index in [0.29, 0.717) is 5.08 Å². The van der Waals surface area contributed by atoms with Crippen LogP contribution in [0.2, 0.25) is 0 Å². The molecule has 0 rings (SSSR count). The van der Waals surface area contributed by atoms with Gasteiger partial charge in [-0.15, -0.1) is 0 Å². The van der Waals surface area contributed by atoms with Gasteiger partial charge in [-0.1, -0.05) is 0 Å². The first-order chi connectivity index (χ1) is 3.81. The van der Waals surface area contributed by atoms with Gasteiger partial charge in [0.2, 0.25) is 0 Å². The molecule has 0 saturated heterocycles. The Bertz CT molecular complexity index is 51.3. The summed E-state index contributed by atoms with van der Waals surface area (Å²) in [7, 11) is 1.60. The predicted octanol–water partition coefficient (Wildman–Crippen LogP) is 1.53. The molecular weight excluding hydrogens is 144 g/mol. The van der Waals surface area contributed by atoms with E-state index >= 15 is 0 Å². The van der Waals surface area contributed by atoms with Crippen molar-refractivity contribution in [3.8, 4) is 0 Å². The van der Waals surface area contributed by atoms with E-state index in [1.54, 1.807) is 7.11 Å². The van der Waals surface area contributed by atoms with E-state index in [2.05, 4.69) is 12.6 Å². The normalized spacial score (nSPS) is 13.9. The van der Waals surface area contributed by atoms with Crippen LogP contribution < -0.4 is 0 Å². The topological polar surface area (TPSA) is 18.5 Å². The van der Waals surface area contributed by atoms with Gasteiger partial charge in [0.15, 0.2) is 6.29 Å². The van der Waals surface area contributed by atoms with Gasteiger partial charge in [0, 0.05) is 19.2 Å². The molecule has 0 N–H and O–H groups in total. The molecule has 0 aromatic rings. The minimum atomic E-state index is -0.132. The Kier molecular flexibility index (Phi) is 6.20. The van der Waals surface area contributed by atoms with Crippen LogP contribution in [-0.2, 0) is 8.92 Å². The molecule has 1 unspecified atom stereocenters. The number of thiol groups is 1. The van der Waals surface area contributed by atoms with Gasteiger partial charge in [-0.25, -0.2) is 0 Å². The van der Waals surface area contributed by atoms with Crippen LogP contribution in [0.5, 0.6) is 0 Å². The van der Waals surface area contributed by atoms with Crippen molar-refractivity contribution in [1.82, 2.24) is 0 Å². The van der Waals surface area contributed by atoms with E-state index in [4.69, 9.17) is 8.92 Å². The largest absolute Gasteiger partial charge is 0.355 e. The highest BCUT2D eigenvalue weighted by Crippen LogP contribution is 2.07. The molecule has 0 radical (unpaired) electrons. The highest BCUT2D eigenvalue weighted by Gasteiger charge is 1.95. The second kappa shape index (κ2) is 5.75. The van der Waals surface area contributed by atoms with Gasteiger partial charge in [0.1, 0.15) is 0 Å². The van der Waals surface area contributed by atoms with E-state index in [1.165, 1.54) is 12.0 Å². The maximum absolute atomic E-state index is 4.96. The highest BCUT2D eigenvalue weighted by atomic mass is 32.2. The zero-order valence-corrected chi connectivity index (χ0v) is 6.67. The van der Waals surface area contributed by atoms with Crippen LogP contribution in [-0.4, -0.2) is 18.5 Å². The predicted molar refractivity (Wildman–Crippen MR) is 39.0 cm³/mol. The van der Waals surface area contributed by atoms with E-state index in [9.17, 15) is 0 Å². The first-order valence-corrected chi connectivity index (χ1v) is 3.77. The molecule has 0 aromatic carbocycles. The van der Waals surface area contributed by atoms with Crippen LogP contribution >= 0.6 is 24.7 Å². The minimum Gasteiger partial charge on any atom is -0.355 e. The van der Waals surface area contributed by atoms with Crippen molar-refractivity contribution in [2.75, 3.05) is 12.2 Å². The Morgan fingerprint density at radius 3 is 2.75 bits per heavy atom. The number of rotatable bonds is 4. The van der Waals surface area contributed by atoms with Gasteiger partial charge in [-0.3, -0.25) is 4.18 Å². The molecule has 1 atom stereocenters. The van der Waals surface area contributed by atoms with Crippen molar-refractivity contribution < 1.29 is 8.92 Å². The van der Waals surface area contributed by atoms with Crippen LogP contribution in [0.4, 0.5) is 0 Å². The Hall–Kier alpha value is 0.620. The minimum absolute atomic E-state index is 0.132. The smallest absolute Gasteiger partial charge is 0.167 e. The number of hydrogen-bond donors (Lipinski definition) is 1. The first kappa shape index (κ1) is 8.62. The molecule has 0 bridgehead atoms. The highest BCUT2D eigenvalue weighted by molar-refractivity contribution is 8.06. The van der Waals surface area contributed by atoms with Crippen LogP contribution in [0, 0.1) is 0 Å². The average molecular weight is 154 g/mol. The van der Waals surface area contributed by atoms with Crippen molar-refractivity contribution in [2.24, 2.45) is 0 Å². The van der Waals surface area contributed by atoms with E-state index in [1.807, 2.05) is 6.92 Å². The monoisotopic (exact) mass is 154 g/mol. The maximum atomic E-state index is 4.96. The molecule has 0 aliphatic carbocycles. The maximum Gasteiger partial charge on any atom is 0.167 e. The summed E-state index contributed by atoms with van der Waals surface area (Å²) in [5, 5.41) is 0.660. The van der Waals surface area contributed by atoms with Crippen LogP contribution in [0.1, 0.15) is 6.92 Å².